The Morgan fingerprint density at radius 1 is 1.03 bits per heavy atom. The Kier molecular flexibility index (Phi) is 9.20. The number of benzene rings is 1. The molecule has 5 heteroatoms. The summed E-state index contributed by atoms with van der Waals surface area (Å²) in [5, 5.41) is 17.8. The van der Waals surface area contributed by atoms with Gasteiger partial charge in [-0.1, -0.05) is 44.9 Å². The molecule has 29 heavy (non-hydrogen) atoms. The van der Waals surface area contributed by atoms with Crippen molar-refractivity contribution in [3.05, 3.63) is 57.3 Å². The van der Waals surface area contributed by atoms with Gasteiger partial charge in [0.1, 0.15) is 11.6 Å². The Labute approximate surface area is 177 Å². The van der Waals surface area contributed by atoms with Crippen LogP contribution in [0, 0.1) is 11.3 Å². The summed E-state index contributed by atoms with van der Waals surface area (Å²) >= 11 is 1.45. The van der Waals surface area contributed by atoms with E-state index in [1.165, 1.54) is 48.8 Å². The molecule has 2 aromatic rings. The van der Waals surface area contributed by atoms with Crippen molar-refractivity contribution in [3.8, 4) is 6.07 Å². The summed E-state index contributed by atoms with van der Waals surface area (Å²) in [5.41, 5.74) is 2.13. The second-order valence-corrected chi connectivity index (χ2v) is 7.98. The number of unbranched alkanes of at least 4 members (excludes halogenated alkanes) is 2. The largest absolute Gasteiger partial charge is 0.477 e. The molecule has 0 fully saturated rings. The molecule has 2 rings (SSSR count). The minimum Gasteiger partial charge on any atom is -0.477 e. The monoisotopic (exact) mass is 408 g/mol. The smallest absolute Gasteiger partial charge is 0.346 e. The Hall–Kier alpha value is -2.84. The quantitative estimate of drug-likeness (QED) is 0.349. The number of nitriles is 1. The highest BCUT2D eigenvalue weighted by Gasteiger charge is 2.07. The minimum atomic E-state index is -1.20. The number of nitrogens with zero attached hydrogens (tertiary/aromatic N) is 2. The van der Waals surface area contributed by atoms with Gasteiger partial charge in [-0.25, -0.2) is 4.79 Å². The summed E-state index contributed by atoms with van der Waals surface area (Å²) in [7, 11) is 0. The number of rotatable bonds is 11. The van der Waals surface area contributed by atoms with Gasteiger partial charge in [-0.3, -0.25) is 0 Å². The van der Waals surface area contributed by atoms with Crippen molar-refractivity contribution in [1.82, 2.24) is 0 Å². The number of carboxylic acid groups (broad SMARTS) is 1. The number of hydrogen-bond acceptors (Lipinski definition) is 4. The molecule has 0 aliphatic rings. The lowest BCUT2D eigenvalue weighted by atomic mass is 10.1. The van der Waals surface area contributed by atoms with Gasteiger partial charge in [0.2, 0.25) is 0 Å². The van der Waals surface area contributed by atoms with Crippen molar-refractivity contribution in [2.24, 2.45) is 0 Å². The van der Waals surface area contributed by atoms with Gasteiger partial charge in [0.15, 0.2) is 0 Å². The molecule has 0 aliphatic carbocycles. The highest BCUT2D eigenvalue weighted by molar-refractivity contribution is 7.13. The number of anilines is 1. The highest BCUT2D eigenvalue weighted by atomic mass is 32.1. The first-order valence-electron chi connectivity index (χ1n) is 10.0. The van der Waals surface area contributed by atoms with E-state index in [4.69, 9.17) is 10.4 Å². The molecule has 0 atom stereocenters. The van der Waals surface area contributed by atoms with E-state index >= 15 is 0 Å². The van der Waals surface area contributed by atoms with E-state index < -0.39 is 5.97 Å². The van der Waals surface area contributed by atoms with E-state index in [-0.39, 0.29) is 5.57 Å². The van der Waals surface area contributed by atoms with Gasteiger partial charge >= 0.3 is 5.97 Å². The van der Waals surface area contributed by atoms with Crippen LogP contribution in [0.5, 0.6) is 0 Å². The summed E-state index contributed by atoms with van der Waals surface area (Å²) in [4.78, 5) is 15.2. The molecule has 4 nitrogen and oxygen atoms in total. The third-order valence-corrected chi connectivity index (χ3v) is 5.54. The Morgan fingerprint density at radius 2 is 1.66 bits per heavy atom. The first-order valence-corrected chi connectivity index (χ1v) is 10.9. The van der Waals surface area contributed by atoms with Gasteiger partial charge in [0, 0.05) is 28.5 Å². The number of carbonyl (C=O) groups is 1. The number of aliphatic carboxylic acids is 1. The van der Waals surface area contributed by atoms with Gasteiger partial charge in [-0.15, -0.1) is 11.3 Å². The summed E-state index contributed by atoms with van der Waals surface area (Å²) in [6.45, 7) is 6.64. The van der Waals surface area contributed by atoms with Crippen molar-refractivity contribution in [1.29, 1.82) is 5.26 Å². The van der Waals surface area contributed by atoms with E-state index in [0.29, 0.717) is 0 Å². The topological polar surface area (TPSA) is 64.3 Å². The third kappa shape index (κ3) is 7.24. The van der Waals surface area contributed by atoms with Crippen molar-refractivity contribution in [3.63, 3.8) is 0 Å². The van der Waals surface area contributed by atoms with Crippen molar-refractivity contribution >= 4 is 41.2 Å². The van der Waals surface area contributed by atoms with Crippen molar-refractivity contribution in [2.75, 3.05) is 18.0 Å². The Bertz CT molecular complexity index is 880. The van der Waals surface area contributed by atoms with Gasteiger partial charge in [0.05, 0.1) is 0 Å². The van der Waals surface area contributed by atoms with Crippen LogP contribution in [0.3, 0.4) is 0 Å². The molecule has 0 saturated carbocycles. The van der Waals surface area contributed by atoms with E-state index in [2.05, 4.69) is 43.0 Å². The van der Waals surface area contributed by atoms with Crippen molar-refractivity contribution < 1.29 is 9.90 Å². The molecule has 0 spiro atoms. The van der Waals surface area contributed by atoms with E-state index in [9.17, 15) is 4.79 Å². The molecule has 1 N–H and O–H groups in total. The average Bonchev–Trinajstić information content (AvgIpc) is 3.18. The molecule has 1 heterocycles. The van der Waals surface area contributed by atoms with Crippen LogP contribution < -0.4 is 4.90 Å². The first kappa shape index (κ1) is 22.4. The lowest BCUT2D eigenvalue weighted by molar-refractivity contribution is -0.132. The second kappa shape index (κ2) is 11.9. The van der Waals surface area contributed by atoms with Crippen LogP contribution >= 0.6 is 11.3 Å². The molecule has 1 aromatic carbocycles. The number of carboxylic acids is 1. The zero-order valence-corrected chi connectivity index (χ0v) is 17.9. The molecule has 0 saturated heterocycles. The van der Waals surface area contributed by atoms with Crippen LogP contribution in [0.2, 0.25) is 0 Å². The van der Waals surface area contributed by atoms with Gasteiger partial charge in [-0.05, 0) is 54.8 Å². The highest BCUT2D eigenvalue weighted by Crippen LogP contribution is 2.23. The fraction of sp³-hybridized carbons (Fsp3) is 0.333. The normalized spacial score (nSPS) is 11.6. The summed E-state index contributed by atoms with van der Waals surface area (Å²) < 4.78 is 0. The predicted octanol–water partition coefficient (Wildman–Crippen LogP) is 6.32. The maximum atomic E-state index is 10.9. The number of thiophene rings is 1. The molecule has 152 valence electrons. The zero-order chi connectivity index (χ0) is 21.1. The summed E-state index contributed by atoms with van der Waals surface area (Å²) in [6, 6.07) is 14.1. The van der Waals surface area contributed by atoms with Crippen LogP contribution in [-0.2, 0) is 4.79 Å². The predicted molar refractivity (Wildman–Crippen MR) is 123 cm³/mol. The standard InChI is InChI=1S/C24H28N2O2S/c1-3-5-15-26(16-6-4-2)21-10-7-19(8-11-21)9-12-22-13-14-23(29-22)17-20(18-25)24(27)28/h7-14,17H,3-6,15-16H2,1-2H3,(H,27,28). The number of hydrogen-bond donors (Lipinski definition) is 1. The molecule has 0 bridgehead atoms. The second-order valence-electron chi connectivity index (χ2n) is 6.83. The lowest BCUT2D eigenvalue weighted by Crippen LogP contribution is -2.25. The fourth-order valence-electron chi connectivity index (χ4n) is 2.86. The minimum absolute atomic E-state index is 0.256. The lowest BCUT2D eigenvalue weighted by Gasteiger charge is -2.24. The molecule has 0 radical (unpaired) electrons. The van der Waals surface area contributed by atoms with Gasteiger partial charge in [-0.2, -0.15) is 5.26 Å². The SMILES string of the molecule is CCCCN(CCCC)c1ccc(C=Cc2ccc(C=C(C#N)C(=O)O)s2)cc1. The fourth-order valence-corrected chi connectivity index (χ4v) is 3.72. The van der Waals surface area contributed by atoms with Crippen LogP contribution in [0.1, 0.15) is 54.8 Å². The van der Waals surface area contributed by atoms with Crippen LogP contribution in [0.4, 0.5) is 5.69 Å². The first-order chi connectivity index (χ1) is 14.1. The molecule has 0 amide bonds. The molecular formula is C24H28N2O2S. The Morgan fingerprint density at radius 3 is 2.21 bits per heavy atom. The molecule has 0 aliphatic heterocycles. The van der Waals surface area contributed by atoms with E-state index in [0.717, 1.165) is 28.4 Å². The van der Waals surface area contributed by atoms with Crippen LogP contribution in [0.15, 0.2) is 42.0 Å². The van der Waals surface area contributed by atoms with Gasteiger partial charge in [0.25, 0.3) is 0 Å². The maximum Gasteiger partial charge on any atom is 0.346 e. The third-order valence-electron chi connectivity index (χ3n) is 4.55. The molecule has 0 unspecified atom stereocenters. The molecule has 1 aromatic heterocycles. The summed E-state index contributed by atoms with van der Waals surface area (Å²) in [6.07, 6.45) is 10.3. The average molecular weight is 409 g/mol. The van der Waals surface area contributed by atoms with Gasteiger partial charge < -0.3 is 10.0 Å². The Balaban J connectivity index is 2.06. The maximum absolute atomic E-state index is 10.9. The van der Waals surface area contributed by atoms with Crippen LogP contribution in [0.25, 0.3) is 18.2 Å². The van der Waals surface area contributed by atoms with E-state index in [1.54, 1.807) is 6.07 Å². The summed E-state index contributed by atoms with van der Waals surface area (Å²) in [5.74, 6) is -1.20. The zero-order valence-electron chi connectivity index (χ0n) is 17.1. The van der Waals surface area contributed by atoms with E-state index in [1.807, 2.05) is 24.3 Å². The molecular weight excluding hydrogens is 380 g/mol. The van der Waals surface area contributed by atoms with Crippen molar-refractivity contribution in [2.45, 2.75) is 39.5 Å². The van der Waals surface area contributed by atoms with Crippen LogP contribution in [-0.4, -0.2) is 24.2 Å².